The molecular formula is C14H25N3O3. The van der Waals surface area contributed by atoms with Crippen molar-refractivity contribution in [2.45, 2.75) is 58.5 Å². The number of carbonyl (C=O) groups is 1. The van der Waals surface area contributed by atoms with Crippen LogP contribution in [0.15, 0.2) is 4.52 Å². The average molecular weight is 283 g/mol. The molecule has 1 rings (SSSR count). The lowest BCUT2D eigenvalue weighted by Gasteiger charge is -2.25. The summed E-state index contributed by atoms with van der Waals surface area (Å²) in [5.41, 5.74) is -0.872. The second-order valence-electron chi connectivity index (χ2n) is 6.12. The molecule has 0 aliphatic heterocycles. The molecule has 0 spiro atoms. The van der Waals surface area contributed by atoms with Crippen LogP contribution in [0, 0.1) is 0 Å². The number of hydrogen-bond acceptors (Lipinski definition) is 5. The Morgan fingerprint density at radius 3 is 2.60 bits per heavy atom. The highest BCUT2D eigenvalue weighted by Gasteiger charge is 2.19. The molecule has 6 heteroatoms. The van der Waals surface area contributed by atoms with Gasteiger partial charge in [-0.25, -0.2) is 0 Å². The molecule has 0 fully saturated rings. The monoisotopic (exact) mass is 283 g/mol. The molecular weight excluding hydrogens is 258 g/mol. The van der Waals surface area contributed by atoms with Crippen molar-refractivity contribution in [1.82, 2.24) is 15.0 Å². The molecule has 0 bridgehead atoms. The van der Waals surface area contributed by atoms with Crippen LogP contribution < -0.4 is 0 Å². The van der Waals surface area contributed by atoms with Gasteiger partial charge in [-0.05, 0) is 20.3 Å². The number of amides is 1. The van der Waals surface area contributed by atoms with Gasteiger partial charge in [-0.3, -0.25) is 4.79 Å². The van der Waals surface area contributed by atoms with E-state index in [0.29, 0.717) is 37.5 Å². The quantitative estimate of drug-likeness (QED) is 0.824. The van der Waals surface area contributed by atoms with Crippen molar-refractivity contribution in [3.63, 3.8) is 0 Å². The van der Waals surface area contributed by atoms with Crippen molar-refractivity contribution in [1.29, 1.82) is 0 Å². The van der Waals surface area contributed by atoms with E-state index in [4.69, 9.17) is 4.52 Å². The van der Waals surface area contributed by atoms with E-state index in [1.165, 1.54) is 0 Å². The molecule has 0 unspecified atom stereocenters. The van der Waals surface area contributed by atoms with Gasteiger partial charge in [-0.1, -0.05) is 19.0 Å². The Balaban J connectivity index is 2.34. The van der Waals surface area contributed by atoms with Gasteiger partial charge in [0.05, 0.1) is 5.60 Å². The predicted molar refractivity (Wildman–Crippen MR) is 75.3 cm³/mol. The van der Waals surface area contributed by atoms with E-state index >= 15 is 0 Å². The molecule has 114 valence electrons. The molecule has 1 heterocycles. The Kier molecular flexibility index (Phi) is 5.68. The summed E-state index contributed by atoms with van der Waals surface area (Å²) < 4.78 is 5.12. The first-order valence-corrected chi connectivity index (χ1v) is 6.98. The minimum atomic E-state index is -0.872. The van der Waals surface area contributed by atoms with Crippen LogP contribution in [0.2, 0.25) is 0 Å². The third kappa shape index (κ3) is 5.69. The molecule has 0 saturated carbocycles. The van der Waals surface area contributed by atoms with Gasteiger partial charge in [0, 0.05) is 32.4 Å². The van der Waals surface area contributed by atoms with Crippen LogP contribution in [0.3, 0.4) is 0 Å². The zero-order chi connectivity index (χ0) is 15.3. The first-order valence-electron chi connectivity index (χ1n) is 6.98. The minimum Gasteiger partial charge on any atom is -0.389 e. The highest BCUT2D eigenvalue weighted by molar-refractivity contribution is 5.75. The number of nitrogens with zero attached hydrogens (tertiary/aromatic N) is 3. The van der Waals surface area contributed by atoms with E-state index in [0.717, 1.165) is 0 Å². The van der Waals surface area contributed by atoms with Gasteiger partial charge >= 0.3 is 0 Å². The molecule has 1 N–H and O–H groups in total. The van der Waals surface area contributed by atoms with Crippen molar-refractivity contribution in [2.75, 3.05) is 13.6 Å². The molecule has 0 aromatic carbocycles. The van der Waals surface area contributed by atoms with Crippen LogP contribution in [0.4, 0.5) is 0 Å². The summed E-state index contributed by atoms with van der Waals surface area (Å²) >= 11 is 0. The van der Waals surface area contributed by atoms with Crippen molar-refractivity contribution < 1.29 is 14.4 Å². The summed E-state index contributed by atoms with van der Waals surface area (Å²) in [4.78, 5) is 17.7. The molecule has 0 aliphatic rings. The SMILES string of the molecule is CC(C)c1noc(CCCC(=O)N(C)CC(C)(C)O)n1. The fraction of sp³-hybridized carbons (Fsp3) is 0.786. The molecule has 0 radical (unpaired) electrons. The second-order valence-corrected chi connectivity index (χ2v) is 6.12. The zero-order valence-electron chi connectivity index (χ0n) is 13.0. The van der Waals surface area contributed by atoms with Crippen molar-refractivity contribution in [3.05, 3.63) is 11.7 Å². The smallest absolute Gasteiger partial charge is 0.226 e. The maximum atomic E-state index is 11.9. The first-order chi connectivity index (χ1) is 9.19. The minimum absolute atomic E-state index is 0.00993. The number of aliphatic hydroxyl groups is 1. The molecule has 0 saturated heterocycles. The van der Waals surface area contributed by atoms with E-state index < -0.39 is 5.60 Å². The van der Waals surface area contributed by atoms with Gasteiger partial charge in [0.1, 0.15) is 0 Å². The number of likely N-dealkylation sites (N-methyl/N-ethyl adjacent to an activating group) is 1. The fourth-order valence-electron chi connectivity index (χ4n) is 1.85. The summed E-state index contributed by atoms with van der Waals surface area (Å²) in [5.74, 6) is 1.53. The third-order valence-electron chi connectivity index (χ3n) is 2.83. The number of rotatable bonds is 7. The summed E-state index contributed by atoms with van der Waals surface area (Å²) in [6, 6.07) is 0. The Morgan fingerprint density at radius 2 is 2.10 bits per heavy atom. The van der Waals surface area contributed by atoms with Crippen LogP contribution in [-0.2, 0) is 11.2 Å². The van der Waals surface area contributed by atoms with E-state index in [9.17, 15) is 9.90 Å². The molecule has 20 heavy (non-hydrogen) atoms. The van der Waals surface area contributed by atoms with Gasteiger partial charge < -0.3 is 14.5 Å². The van der Waals surface area contributed by atoms with Crippen LogP contribution in [0.5, 0.6) is 0 Å². The highest BCUT2D eigenvalue weighted by Crippen LogP contribution is 2.12. The van der Waals surface area contributed by atoms with Gasteiger partial charge in [0.15, 0.2) is 5.82 Å². The number of hydrogen-bond donors (Lipinski definition) is 1. The zero-order valence-corrected chi connectivity index (χ0v) is 13.0. The van der Waals surface area contributed by atoms with Gasteiger partial charge in [0.2, 0.25) is 11.8 Å². The van der Waals surface area contributed by atoms with Crippen LogP contribution in [0.25, 0.3) is 0 Å². The van der Waals surface area contributed by atoms with E-state index in [1.54, 1.807) is 25.8 Å². The Hall–Kier alpha value is -1.43. The van der Waals surface area contributed by atoms with Crippen LogP contribution in [0.1, 0.15) is 58.2 Å². The average Bonchev–Trinajstić information content (AvgIpc) is 2.75. The van der Waals surface area contributed by atoms with Crippen LogP contribution in [-0.4, -0.2) is 45.2 Å². The Bertz CT molecular complexity index is 435. The maximum Gasteiger partial charge on any atom is 0.226 e. The largest absolute Gasteiger partial charge is 0.389 e. The molecule has 6 nitrogen and oxygen atoms in total. The van der Waals surface area contributed by atoms with Crippen molar-refractivity contribution in [3.8, 4) is 0 Å². The van der Waals surface area contributed by atoms with Gasteiger partial charge in [-0.15, -0.1) is 0 Å². The predicted octanol–water partition coefficient (Wildman–Crippen LogP) is 1.75. The fourth-order valence-corrected chi connectivity index (χ4v) is 1.85. The molecule has 1 aromatic rings. The maximum absolute atomic E-state index is 11.9. The lowest BCUT2D eigenvalue weighted by Crippen LogP contribution is -2.39. The molecule has 0 aliphatic carbocycles. The van der Waals surface area contributed by atoms with E-state index in [2.05, 4.69) is 10.1 Å². The third-order valence-corrected chi connectivity index (χ3v) is 2.83. The summed E-state index contributed by atoms with van der Waals surface area (Å²) in [7, 11) is 1.70. The Morgan fingerprint density at radius 1 is 1.45 bits per heavy atom. The van der Waals surface area contributed by atoms with Gasteiger partial charge in [-0.2, -0.15) is 4.98 Å². The molecule has 0 atom stereocenters. The molecule has 1 amide bonds. The molecule has 1 aromatic heterocycles. The number of carbonyl (C=O) groups excluding carboxylic acids is 1. The summed E-state index contributed by atoms with van der Waals surface area (Å²) in [6.45, 7) is 7.70. The highest BCUT2D eigenvalue weighted by atomic mass is 16.5. The van der Waals surface area contributed by atoms with Crippen molar-refractivity contribution in [2.24, 2.45) is 0 Å². The summed E-state index contributed by atoms with van der Waals surface area (Å²) in [5, 5.41) is 13.6. The lowest BCUT2D eigenvalue weighted by molar-refractivity contribution is -0.132. The van der Waals surface area contributed by atoms with Gasteiger partial charge in [0.25, 0.3) is 0 Å². The number of aryl methyl sites for hydroxylation is 1. The number of aromatic nitrogens is 2. The van der Waals surface area contributed by atoms with Crippen molar-refractivity contribution >= 4 is 5.91 Å². The first kappa shape index (κ1) is 16.6. The summed E-state index contributed by atoms with van der Waals surface area (Å²) in [6.07, 6.45) is 1.67. The standard InChI is InChI=1S/C14H25N3O3/c1-10(2)13-15-11(20-16-13)7-6-8-12(18)17(5)9-14(3,4)19/h10,19H,6-9H2,1-5H3. The van der Waals surface area contributed by atoms with E-state index in [-0.39, 0.29) is 11.8 Å². The topological polar surface area (TPSA) is 79.5 Å². The Labute approximate surface area is 120 Å². The van der Waals surface area contributed by atoms with Crippen LogP contribution >= 0.6 is 0 Å². The van der Waals surface area contributed by atoms with E-state index in [1.807, 2.05) is 13.8 Å². The second kappa shape index (κ2) is 6.83. The normalized spacial score (nSPS) is 11.9. The lowest BCUT2D eigenvalue weighted by atomic mass is 10.1.